The van der Waals surface area contributed by atoms with Gasteiger partial charge in [0.2, 0.25) is 17.6 Å². The number of anilines is 2. The first-order valence-corrected chi connectivity index (χ1v) is 12.3. The highest BCUT2D eigenvalue weighted by atomic mass is 32.2. The van der Waals surface area contributed by atoms with Gasteiger partial charge in [-0.15, -0.1) is 0 Å². The van der Waals surface area contributed by atoms with Crippen molar-refractivity contribution in [3.63, 3.8) is 0 Å². The van der Waals surface area contributed by atoms with Crippen molar-refractivity contribution in [3.05, 3.63) is 54.4 Å². The van der Waals surface area contributed by atoms with E-state index >= 15 is 0 Å². The first kappa shape index (κ1) is 22.9. The van der Waals surface area contributed by atoms with E-state index < -0.39 is 10.0 Å². The number of hydrogen-bond acceptors (Lipinski definition) is 7. The fourth-order valence-electron chi connectivity index (χ4n) is 3.27. The van der Waals surface area contributed by atoms with Crippen molar-refractivity contribution >= 4 is 27.3 Å². The number of nitrogens with zero attached hydrogens (tertiary/aromatic N) is 2. The lowest BCUT2D eigenvalue weighted by molar-refractivity contribution is -0.120. The fourth-order valence-corrected chi connectivity index (χ4v) is 4.38. The molecule has 9 nitrogen and oxygen atoms in total. The van der Waals surface area contributed by atoms with Crippen LogP contribution in [0, 0.1) is 5.41 Å². The number of hydrogen-bond donors (Lipinski definition) is 3. The number of aromatic nitrogens is 2. The molecule has 4 rings (SSSR count). The lowest BCUT2D eigenvalue weighted by Crippen LogP contribution is -2.21. The third-order valence-corrected chi connectivity index (χ3v) is 7.08. The molecule has 1 aliphatic rings. The molecular formula is C23H27N5O4S. The Labute approximate surface area is 192 Å². The summed E-state index contributed by atoms with van der Waals surface area (Å²) in [5, 5.41) is 6.80. The molecule has 1 saturated carbocycles. The molecule has 1 atom stereocenters. The van der Waals surface area contributed by atoms with Gasteiger partial charge < -0.3 is 15.6 Å². The maximum absolute atomic E-state index is 12.9. The van der Waals surface area contributed by atoms with Crippen molar-refractivity contribution in [2.75, 3.05) is 10.0 Å². The molecule has 4 N–H and O–H groups in total. The van der Waals surface area contributed by atoms with Gasteiger partial charge in [-0.2, -0.15) is 4.98 Å². The number of sulfonamides is 1. The van der Waals surface area contributed by atoms with E-state index in [0.29, 0.717) is 29.2 Å². The zero-order chi connectivity index (χ0) is 23.6. The molecular weight excluding hydrogens is 442 g/mol. The number of nitrogens with one attached hydrogen (secondary N) is 2. The smallest absolute Gasteiger partial charge is 0.261 e. The number of amides is 1. The second kappa shape index (κ2) is 8.95. The van der Waals surface area contributed by atoms with Gasteiger partial charge in [-0.05, 0) is 55.7 Å². The molecule has 1 aromatic heterocycles. The largest absolute Gasteiger partial charge is 0.337 e. The number of nitrogens with two attached hydrogens (primary N) is 1. The molecule has 1 heterocycles. The van der Waals surface area contributed by atoms with E-state index in [2.05, 4.69) is 20.2 Å². The summed E-state index contributed by atoms with van der Waals surface area (Å²) in [6, 6.07) is 12.5. The highest BCUT2D eigenvalue weighted by Crippen LogP contribution is 2.45. The van der Waals surface area contributed by atoms with E-state index in [4.69, 9.17) is 10.3 Å². The van der Waals surface area contributed by atoms with Gasteiger partial charge in [0.25, 0.3) is 10.0 Å². The predicted octanol–water partition coefficient (Wildman–Crippen LogP) is 4.08. The van der Waals surface area contributed by atoms with Gasteiger partial charge in [-0.3, -0.25) is 9.52 Å². The number of carbonyl (C=O) groups excluding carboxylic acids is 1. The van der Waals surface area contributed by atoms with E-state index in [9.17, 15) is 13.2 Å². The highest BCUT2D eigenvalue weighted by Gasteiger charge is 2.44. The normalized spacial score (nSPS) is 15.6. The molecule has 0 spiro atoms. The Balaban J connectivity index is 1.47. The first-order chi connectivity index (χ1) is 15.7. The Morgan fingerprint density at radius 2 is 1.88 bits per heavy atom. The summed E-state index contributed by atoms with van der Waals surface area (Å²) in [7, 11) is -3.86. The molecule has 1 amide bonds. The molecule has 0 saturated heterocycles. The molecule has 0 bridgehead atoms. The lowest BCUT2D eigenvalue weighted by Gasteiger charge is -2.12. The van der Waals surface area contributed by atoms with Crippen molar-refractivity contribution < 1.29 is 17.7 Å². The molecule has 3 aromatic rings. The van der Waals surface area contributed by atoms with E-state index in [1.807, 2.05) is 13.8 Å². The minimum absolute atomic E-state index is 0.0204. The second-order valence-electron chi connectivity index (χ2n) is 8.58. The van der Waals surface area contributed by atoms with Crippen LogP contribution < -0.4 is 15.8 Å². The van der Waals surface area contributed by atoms with E-state index in [1.54, 1.807) is 36.4 Å². The zero-order valence-electron chi connectivity index (χ0n) is 18.5. The summed E-state index contributed by atoms with van der Waals surface area (Å²) < 4.78 is 33.6. The summed E-state index contributed by atoms with van der Waals surface area (Å²) >= 11 is 0. The first-order valence-electron chi connectivity index (χ1n) is 10.8. The monoisotopic (exact) mass is 469 g/mol. The third-order valence-electron chi connectivity index (χ3n) is 5.70. The Hall–Kier alpha value is -3.24. The Morgan fingerprint density at radius 1 is 1.18 bits per heavy atom. The summed E-state index contributed by atoms with van der Waals surface area (Å²) in [6.45, 7) is 3.93. The minimum atomic E-state index is -3.86. The van der Waals surface area contributed by atoms with E-state index in [-0.39, 0.29) is 28.1 Å². The van der Waals surface area contributed by atoms with Gasteiger partial charge in [0, 0.05) is 22.4 Å². The zero-order valence-corrected chi connectivity index (χ0v) is 19.4. The van der Waals surface area contributed by atoms with Gasteiger partial charge in [-0.1, -0.05) is 37.6 Å². The van der Waals surface area contributed by atoms with Crippen LogP contribution in [0.4, 0.5) is 11.4 Å². The summed E-state index contributed by atoms with van der Waals surface area (Å²) in [6.07, 6.45) is 3.35. The van der Waals surface area contributed by atoms with Crippen molar-refractivity contribution in [1.82, 2.24) is 10.1 Å². The van der Waals surface area contributed by atoms with Crippen molar-refractivity contribution in [1.29, 1.82) is 0 Å². The number of carbonyl (C=O) groups is 1. The van der Waals surface area contributed by atoms with Gasteiger partial charge in [0.1, 0.15) is 0 Å². The van der Waals surface area contributed by atoms with Crippen LogP contribution in [0.25, 0.3) is 11.4 Å². The number of rotatable bonds is 9. The molecule has 33 heavy (non-hydrogen) atoms. The molecule has 0 unspecified atom stereocenters. The summed E-state index contributed by atoms with van der Waals surface area (Å²) in [5.41, 5.74) is 7.23. The van der Waals surface area contributed by atoms with E-state index in [1.165, 1.54) is 12.1 Å². The van der Waals surface area contributed by atoms with Gasteiger partial charge in [0.15, 0.2) is 0 Å². The molecule has 0 aliphatic heterocycles. The van der Waals surface area contributed by atoms with Crippen molar-refractivity contribution in [2.24, 2.45) is 11.1 Å². The predicted molar refractivity (Wildman–Crippen MR) is 125 cm³/mol. The van der Waals surface area contributed by atoms with Crippen molar-refractivity contribution in [3.8, 4) is 11.4 Å². The molecule has 1 fully saturated rings. The van der Waals surface area contributed by atoms with Gasteiger partial charge in [0.05, 0.1) is 10.9 Å². The van der Waals surface area contributed by atoms with Crippen LogP contribution in [0.5, 0.6) is 0 Å². The van der Waals surface area contributed by atoms with Crippen molar-refractivity contribution in [2.45, 2.75) is 50.5 Å². The average molecular weight is 470 g/mol. The molecule has 10 heteroatoms. The Bertz CT molecular complexity index is 1250. The molecule has 1 aliphatic carbocycles. The maximum atomic E-state index is 12.9. The van der Waals surface area contributed by atoms with Crippen LogP contribution in [0.2, 0.25) is 0 Å². The Morgan fingerprint density at radius 3 is 2.55 bits per heavy atom. The maximum Gasteiger partial charge on any atom is 0.261 e. The van der Waals surface area contributed by atoms with Crippen LogP contribution in [-0.4, -0.2) is 24.5 Å². The number of benzene rings is 2. The van der Waals surface area contributed by atoms with Crippen LogP contribution >= 0.6 is 0 Å². The summed E-state index contributed by atoms with van der Waals surface area (Å²) in [5.74, 6) is 0.576. The van der Waals surface area contributed by atoms with Crippen LogP contribution in [-0.2, 0) is 14.8 Å². The van der Waals surface area contributed by atoms with Crippen LogP contribution in [0.15, 0.2) is 57.9 Å². The van der Waals surface area contributed by atoms with Gasteiger partial charge in [-0.25, -0.2) is 8.42 Å². The minimum Gasteiger partial charge on any atom is -0.337 e. The second-order valence-corrected chi connectivity index (χ2v) is 10.3. The van der Waals surface area contributed by atoms with E-state index in [0.717, 1.165) is 19.3 Å². The third kappa shape index (κ3) is 5.23. The average Bonchev–Trinajstić information content (AvgIpc) is 3.35. The molecule has 174 valence electrons. The van der Waals surface area contributed by atoms with Gasteiger partial charge >= 0.3 is 0 Å². The fraction of sp³-hybridized carbons (Fsp3) is 0.348. The molecule has 0 radical (unpaired) electrons. The topological polar surface area (TPSA) is 140 Å². The quantitative estimate of drug-likeness (QED) is 0.429. The van der Waals surface area contributed by atoms with Crippen LogP contribution in [0.3, 0.4) is 0 Å². The SMILES string of the molecule is CCC[C@H](N)c1nc(-c2cccc(S(=O)(=O)Nc3ccc(NC(=O)C4(C)CC4)cc3)c2)no1. The van der Waals surface area contributed by atoms with Crippen LogP contribution in [0.1, 0.15) is 51.5 Å². The standard InChI is InChI=1S/C23H27N5O4S/c1-3-5-19(24)21-26-20(27-32-21)15-6-4-7-18(14-15)33(30,31)28-17-10-8-16(9-11-17)25-22(29)23(2)12-13-23/h4,6-11,14,19,28H,3,5,12-13,24H2,1-2H3,(H,25,29)/t19-/m0/s1. The highest BCUT2D eigenvalue weighted by molar-refractivity contribution is 7.92. The Kier molecular flexibility index (Phi) is 6.22. The lowest BCUT2D eigenvalue weighted by atomic mass is 10.1. The summed E-state index contributed by atoms with van der Waals surface area (Å²) in [4.78, 5) is 16.5. The molecule has 2 aromatic carbocycles.